The van der Waals surface area contributed by atoms with Crippen molar-refractivity contribution >= 4 is 17.6 Å². The molecule has 0 radical (unpaired) electrons. The number of morpholine rings is 1. The molecule has 1 saturated heterocycles. The maximum Gasteiger partial charge on any atom is 0.295 e. The Morgan fingerprint density at radius 2 is 2.00 bits per heavy atom. The molecule has 0 amide bonds. The van der Waals surface area contributed by atoms with E-state index in [0.717, 1.165) is 24.3 Å². The number of ether oxygens (including phenoxy) is 2. The molecule has 0 saturated carbocycles. The Morgan fingerprint density at radius 3 is 2.71 bits per heavy atom. The lowest BCUT2D eigenvalue weighted by Crippen LogP contribution is -2.36. The highest BCUT2D eigenvalue weighted by Gasteiger charge is 2.19. The molecule has 2 aromatic carbocycles. The summed E-state index contributed by atoms with van der Waals surface area (Å²) in [4.78, 5) is 17.7. The third-order valence-electron chi connectivity index (χ3n) is 5.96. The summed E-state index contributed by atoms with van der Waals surface area (Å²) in [5, 5.41) is 17.2. The number of oxime groups is 1. The van der Waals surface area contributed by atoms with E-state index in [1.165, 1.54) is 10.9 Å². The molecular weight excluding hydrogens is 434 g/mol. The minimum atomic E-state index is -0.261. The van der Waals surface area contributed by atoms with Crippen molar-refractivity contribution in [3.8, 4) is 22.7 Å². The Bertz CT molecular complexity index is 1230. The molecule has 0 unspecified atom stereocenters. The monoisotopic (exact) mass is 463 g/mol. The Kier molecular flexibility index (Phi) is 7.12. The van der Waals surface area contributed by atoms with E-state index in [2.05, 4.69) is 10.1 Å². The summed E-state index contributed by atoms with van der Waals surface area (Å²) in [6.45, 7) is 5.42. The molecule has 9 heteroatoms. The van der Waals surface area contributed by atoms with Crippen molar-refractivity contribution in [1.82, 2.24) is 9.78 Å². The molecule has 1 fully saturated rings. The van der Waals surface area contributed by atoms with Crippen LogP contribution in [0.3, 0.4) is 0 Å². The van der Waals surface area contributed by atoms with Gasteiger partial charge in [-0.2, -0.15) is 9.78 Å². The second-order valence-corrected chi connectivity index (χ2v) is 7.97. The van der Waals surface area contributed by atoms with Gasteiger partial charge in [0.05, 0.1) is 37.9 Å². The number of anilines is 2. The van der Waals surface area contributed by atoms with Gasteiger partial charge in [0.25, 0.3) is 5.56 Å². The number of aromatic nitrogens is 2. The van der Waals surface area contributed by atoms with Gasteiger partial charge in [-0.15, -0.1) is 0 Å². The molecule has 1 N–H and O–H groups in total. The van der Waals surface area contributed by atoms with E-state index in [-0.39, 0.29) is 5.56 Å². The maximum absolute atomic E-state index is 13.6. The standard InChI is InChI=1S/C25H29N5O4/c1-4-28(2)24-16-22(18-6-5-7-21(14-18)33-3)27-30(25(24)31)23-15-20(9-8-19(23)17-26-32)29-10-12-34-13-11-29/h5-9,14-17,32H,4,10-13H2,1-3H3/b26-17+. The van der Waals surface area contributed by atoms with Crippen LogP contribution in [-0.4, -0.2) is 68.2 Å². The summed E-state index contributed by atoms with van der Waals surface area (Å²) >= 11 is 0. The van der Waals surface area contributed by atoms with Crippen LogP contribution in [0, 0.1) is 0 Å². The summed E-state index contributed by atoms with van der Waals surface area (Å²) in [5.74, 6) is 0.699. The van der Waals surface area contributed by atoms with Gasteiger partial charge in [-0.25, -0.2) is 0 Å². The van der Waals surface area contributed by atoms with Crippen molar-refractivity contribution in [3.63, 3.8) is 0 Å². The first kappa shape index (κ1) is 23.3. The summed E-state index contributed by atoms with van der Waals surface area (Å²) in [5.41, 5.74) is 3.74. The van der Waals surface area contributed by atoms with Gasteiger partial charge >= 0.3 is 0 Å². The van der Waals surface area contributed by atoms with Crippen LogP contribution in [0.5, 0.6) is 5.75 Å². The molecule has 1 aromatic heterocycles. The zero-order chi connectivity index (χ0) is 24.1. The summed E-state index contributed by atoms with van der Waals surface area (Å²) < 4.78 is 12.2. The smallest absolute Gasteiger partial charge is 0.295 e. The lowest BCUT2D eigenvalue weighted by atomic mass is 10.1. The van der Waals surface area contributed by atoms with Crippen LogP contribution in [0.15, 0.2) is 58.5 Å². The van der Waals surface area contributed by atoms with Gasteiger partial charge in [0.2, 0.25) is 0 Å². The van der Waals surface area contributed by atoms with Gasteiger partial charge < -0.3 is 24.5 Å². The topological polar surface area (TPSA) is 92.4 Å². The Labute approximate surface area is 198 Å². The van der Waals surface area contributed by atoms with Crippen molar-refractivity contribution in [3.05, 3.63) is 64.4 Å². The summed E-state index contributed by atoms with van der Waals surface area (Å²) in [6, 6.07) is 15.0. The second-order valence-electron chi connectivity index (χ2n) is 7.97. The molecule has 3 aromatic rings. The van der Waals surface area contributed by atoms with Gasteiger partial charge in [-0.05, 0) is 43.3 Å². The molecule has 34 heavy (non-hydrogen) atoms. The number of methoxy groups -OCH3 is 1. The highest BCUT2D eigenvalue weighted by molar-refractivity contribution is 5.86. The predicted molar refractivity (Wildman–Crippen MR) is 133 cm³/mol. The molecule has 0 aliphatic carbocycles. The zero-order valence-corrected chi connectivity index (χ0v) is 19.6. The fourth-order valence-corrected chi connectivity index (χ4v) is 3.92. The third-order valence-corrected chi connectivity index (χ3v) is 5.96. The van der Waals surface area contributed by atoms with E-state index in [1.54, 1.807) is 13.2 Å². The van der Waals surface area contributed by atoms with Gasteiger partial charge in [0, 0.05) is 43.5 Å². The van der Waals surface area contributed by atoms with E-state index in [1.807, 2.05) is 61.3 Å². The minimum absolute atomic E-state index is 0.261. The molecular formula is C25H29N5O4. The number of nitrogens with zero attached hydrogens (tertiary/aromatic N) is 5. The molecule has 0 atom stereocenters. The van der Waals surface area contributed by atoms with E-state index in [4.69, 9.17) is 14.6 Å². The first-order chi connectivity index (χ1) is 16.5. The zero-order valence-electron chi connectivity index (χ0n) is 19.6. The van der Waals surface area contributed by atoms with Crippen molar-refractivity contribution < 1.29 is 14.7 Å². The SMILES string of the molecule is CCN(C)c1cc(-c2cccc(OC)c2)nn(-c2cc(N3CCOCC3)ccc2/C=N/O)c1=O. The Balaban J connectivity index is 1.94. The van der Waals surface area contributed by atoms with E-state index >= 15 is 0 Å². The Morgan fingerprint density at radius 1 is 1.21 bits per heavy atom. The highest BCUT2D eigenvalue weighted by Crippen LogP contribution is 2.27. The van der Waals surface area contributed by atoms with Crippen molar-refractivity contribution in [2.75, 3.05) is 56.8 Å². The Hall–Kier alpha value is -3.85. The second kappa shape index (κ2) is 10.4. The van der Waals surface area contributed by atoms with Crippen molar-refractivity contribution in [1.29, 1.82) is 0 Å². The molecule has 0 spiro atoms. The van der Waals surface area contributed by atoms with E-state index in [0.29, 0.717) is 48.1 Å². The molecule has 0 bridgehead atoms. The highest BCUT2D eigenvalue weighted by atomic mass is 16.5. The first-order valence-electron chi connectivity index (χ1n) is 11.2. The van der Waals surface area contributed by atoms with Crippen LogP contribution >= 0.6 is 0 Å². The van der Waals surface area contributed by atoms with Crippen LogP contribution in [-0.2, 0) is 4.74 Å². The number of benzene rings is 2. The maximum atomic E-state index is 13.6. The lowest BCUT2D eigenvalue weighted by molar-refractivity contribution is 0.122. The number of hydrogen-bond acceptors (Lipinski definition) is 8. The van der Waals surface area contributed by atoms with E-state index in [9.17, 15) is 10.0 Å². The largest absolute Gasteiger partial charge is 0.497 e. The van der Waals surface area contributed by atoms with Crippen molar-refractivity contribution in [2.45, 2.75) is 6.92 Å². The van der Waals surface area contributed by atoms with Gasteiger partial charge in [-0.1, -0.05) is 17.3 Å². The molecule has 1 aliphatic heterocycles. The molecule has 178 valence electrons. The van der Waals surface area contributed by atoms with Crippen LogP contribution in [0.25, 0.3) is 16.9 Å². The van der Waals surface area contributed by atoms with Crippen molar-refractivity contribution in [2.24, 2.45) is 5.16 Å². The normalized spacial score (nSPS) is 13.9. The van der Waals surface area contributed by atoms with Crippen LogP contribution in [0.2, 0.25) is 0 Å². The lowest BCUT2D eigenvalue weighted by Gasteiger charge is -2.29. The first-order valence-corrected chi connectivity index (χ1v) is 11.2. The fourth-order valence-electron chi connectivity index (χ4n) is 3.92. The molecule has 4 rings (SSSR count). The average Bonchev–Trinajstić information content (AvgIpc) is 2.89. The van der Waals surface area contributed by atoms with Gasteiger partial charge in [-0.3, -0.25) is 4.79 Å². The third kappa shape index (κ3) is 4.74. The van der Waals surface area contributed by atoms with Crippen LogP contribution in [0.1, 0.15) is 12.5 Å². The fraction of sp³-hybridized carbons (Fsp3) is 0.320. The van der Waals surface area contributed by atoms with Crippen LogP contribution < -0.4 is 20.1 Å². The summed E-state index contributed by atoms with van der Waals surface area (Å²) in [6.07, 6.45) is 1.31. The summed E-state index contributed by atoms with van der Waals surface area (Å²) in [7, 11) is 3.48. The average molecular weight is 464 g/mol. The molecule has 2 heterocycles. The van der Waals surface area contributed by atoms with Gasteiger partial charge in [0.1, 0.15) is 11.4 Å². The van der Waals surface area contributed by atoms with Crippen LogP contribution in [0.4, 0.5) is 11.4 Å². The molecule has 9 nitrogen and oxygen atoms in total. The predicted octanol–water partition coefficient (Wildman–Crippen LogP) is 3.01. The number of rotatable bonds is 7. The quantitative estimate of drug-likeness (QED) is 0.327. The molecule has 1 aliphatic rings. The van der Waals surface area contributed by atoms with Gasteiger partial charge in [0.15, 0.2) is 0 Å². The van der Waals surface area contributed by atoms with E-state index < -0.39 is 0 Å². The number of hydrogen-bond donors (Lipinski definition) is 1. The minimum Gasteiger partial charge on any atom is -0.497 e.